The highest BCUT2D eigenvalue weighted by molar-refractivity contribution is 5.68. The van der Waals surface area contributed by atoms with E-state index in [1.807, 2.05) is 20.8 Å². The van der Waals surface area contributed by atoms with Gasteiger partial charge in [-0.3, -0.25) is 4.90 Å². The van der Waals surface area contributed by atoms with Crippen molar-refractivity contribution in [3.05, 3.63) is 0 Å². The number of morpholine rings is 1. The Morgan fingerprint density at radius 2 is 2.29 bits per heavy atom. The van der Waals surface area contributed by atoms with Gasteiger partial charge in [-0.2, -0.15) is 0 Å². The van der Waals surface area contributed by atoms with Crippen molar-refractivity contribution in [1.82, 2.24) is 4.90 Å². The van der Waals surface area contributed by atoms with E-state index in [2.05, 4.69) is 0 Å². The molecular formula is C11H22N2O4. The summed E-state index contributed by atoms with van der Waals surface area (Å²) in [7, 11) is 0. The highest BCUT2D eigenvalue weighted by Crippen LogP contribution is 2.15. The van der Waals surface area contributed by atoms with Crippen molar-refractivity contribution in [3.63, 3.8) is 0 Å². The molecule has 0 aromatic carbocycles. The molecule has 0 aromatic heterocycles. The van der Waals surface area contributed by atoms with Gasteiger partial charge in [0, 0.05) is 6.54 Å². The monoisotopic (exact) mass is 246 g/mol. The molecule has 1 saturated heterocycles. The van der Waals surface area contributed by atoms with E-state index in [-0.39, 0.29) is 12.6 Å². The van der Waals surface area contributed by atoms with Gasteiger partial charge in [0.1, 0.15) is 5.60 Å². The van der Waals surface area contributed by atoms with Gasteiger partial charge in [-0.15, -0.1) is 0 Å². The van der Waals surface area contributed by atoms with Crippen LogP contribution in [0.25, 0.3) is 0 Å². The molecule has 0 bridgehead atoms. The van der Waals surface area contributed by atoms with Crippen molar-refractivity contribution in [2.45, 2.75) is 38.5 Å². The first-order chi connectivity index (χ1) is 7.85. The Balaban J connectivity index is 2.67. The van der Waals surface area contributed by atoms with E-state index >= 15 is 0 Å². The van der Waals surface area contributed by atoms with Crippen molar-refractivity contribution < 1.29 is 19.4 Å². The number of carbonyl (C=O) groups excluding carboxylic acids is 1. The number of nitrogens with two attached hydrogens (primary N) is 1. The quantitative estimate of drug-likeness (QED) is 0.713. The molecule has 6 heteroatoms. The summed E-state index contributed by atoms with van der Waals surface area (Å²) in [6, 6.07) is -0.841. The minimum Gasteiger partial charge on any atom is -0.444 e. The average molecular weight is 246 g/mol. The lowest BCUT2D eigenvalue weighted by molar-refractivity contribution is -0.0416. The molecule has 0 radical (unpaired) electrons. The number of nitrogens with zero attached hydrogens (tertiary/aromatic N) is 1. The molecule has 17 heavy (non-hydrogen) atoms. The standard InChI is InChI=1S/C11H22N2O4/c1-11(2,3)17-10(15)13-4-5-16-7-9(13)8(12)6-14/h8-9,14H,4-7,12H2,1-3H3/t8-,9?/m0/s1. The Labute approximate surface area is 102 Å². The van der Waals surface area contributed by atoms with Crippen molar-refractivity contribution in [2.75, 3.05) is 26.4 Å². The largest absolute Gasteiger partial charge is 0.444 e. The second-order valence-corrected chi connectivity index (χ2v) is 5.16. The van der Waals surface area contributed by atoms with Crippen LogP contribution in [0.4, 0.5) is 4.79 Å². The molecule has 1 heterocycles. The van der Waals surface area contributed by atoms with E-state index in [1.54, 1.807) is 0 Å². The summed E-state index contributed by atoms with van der Waals surface area (Å²) in [5, 5.41) is 9.06. The molecule has 3 N–H and O–H groups in total. The van der Waals surface area contributed by atoms with E-state index in [9.17, 15) is 4.79 Å². The van der Waals surface area contributed by atoms with Crippen LogP contribution in [-0.2, 0) is 9.47 Å². The Bertz CT molecular complexity index is 265. The molecule has 1 aliphatic rings. The van der Waals surface area contributed by atoms with Gasteiger partial charge >= 0.3 is 6.09 Å². The summed E-state index contributed by atoms with van der Waals surface area (Å²) in [6.07, 6.45) is -0.408. The molecule has 1 rings (SSSR count). The van der Waals surface area contributed by atoms with Gasteiger partial charge in [-0.1, -0.05) is 0 Å². The van der Waals surface area contributed by atoms with E-state index in [0.717, 1.165) is 0 Å². The van der Waals surface area contributed by atoms with Crippen molar-refractivity contribution >= 4 is 6.09 Å². The first kappa shape index (κ1) is 14.2. The second-order valence-electron chi connectivity index (χ2n) is 5.16. The molecule has 0 aromatic rings. The Morgan fingerprint density at radius 3 is 2.82 bits per heavy atom. The third-order valence-corrected chi connectivity index (χ3v) is 2.50. The Kier molecular flexibility index (Phi) is 4.73. The van der Waals surface area contributed by atoms with Crippen LogP contribution in [0.3, 0.4) is 0 Å². The summed E-state index contributed by atoms with van der Waals surface area (Å²) in [4.78, 5) is 13.5. The van der Waals surface area contributed by atoms with Gasteiger partial charge < -0.3 is 20.3 Å². The molecule has 0 spiro atoms. The fourth-order valence-corrected chi connectivity index (χ4v) is 1.65. The molecule has 2 atom stereocenters. The third-order valence-electron chi connectivity index (χ3n) is 2.50. The van der Waals surface area contributed by atoms with E-state index in [1.165, 1.54) is 4.90 Å². The molecule has 1 fully saturated rings. The Morgan fingerprint density at radius 1 is 1.65 bits per heavy atom. The summed E-state index contributed by atoms with van der Waals surface area (Å²) < 4.78 is 10.6. The zero-order valence-electron chi connectivity index (χ0n) is 10.7. The van der Waals surface area contributed by atoms with Crippen LogP contribution in [0, 0.1) is 0 Å². The first-order valence-corrected chi connectivity index (χ1v) is 5.79. The first-order valence-electron chi connectivity index (χ1n) is 5.79. The van der Waals surface area contributed by atoms with Gasteiger partial charge in [0.05, 0.1) is 31.9 Å². The van der Waals surface area contributed by atoms with Crippen LogP contribution >= 0.6 is 0 Å². The fourth-order valence-electron chi connectivity index (χ4n) is 1.65. The van der Waals surface area contributed by atoms with E-state index < -0.39 is 17.7 Å². The normalized spacial score (nSPS) is 23.4. The third kappa shape index (κ3) is 4.14. The number of hydrogen-bond acceptors (Lipinski definition) is 5. The van der Waals surface area contributed by atoms with Gasteiger partial charge in [0.15, 0.2) is 0 Å². The summed E-state index contributed by atoms with van der Waals surface area (Å²) in [5.74, 6) is 0. The van der Waals surface area contributed by atoms with E-state index in [4.69, 9.17) is 20.3 Å². The molecular weight excluding hydrogens is 224 g/mol. The van der Waals surface area contributed by atoms with Crippen LogP contribution in [0.1, 0.15) is 20.8 Å². The topological polar surface area (TPSA) is 85.0 Å². The van der Waals surface area contributed by atoms with Gasteiger partial charge in [0.2, 0.25) is 0 Å². The maximum absolute atomic E-state index is 12.0. The zero-order chi connectivity index (χ0) is 13.1. The molecule has 0 saturated carbocycles. The Hall–Kier alpha value is -0.850. The molecule has 100 valence electrons. The predicted molar refractivity (Wildman–Crippen MR) is 62.6 cm³/mol. The molecule has 1 amide bonds. The average Bonchev–Trinajstić information content (AvgIpc) is 2.25. The lowest BCUT2D eigenvalue weighted by Crippen LogP contribution is -2.58. The van der Waals surface area contributed by atoms with E-state index in [0.29, 0.717) is 19.8 Å². The van der Waals surface area contributed by atoms with Crippen LogP contribution in [0.2, 0.25) is 0 Å². The summed E-state index contributed by atoms with van der Waals surface area (Å²) >= 11 is 0. The number of amides is 1. The lowest BCUT2D eigenvalue weighted by Gasteiger charge is -2.38. The number of aliphatic hydroxyl groups is 1. The highest BCUT2D eigenvalue weighted by Gasteiger charge is 2.34. The van der Waals surface area contributed by atoms with Crippen LogP contribution in [0.5, 0.6) is 0 Å². The van der Waals surface area contributed by atoms with Crippen LogP contribution < -0.4 is 5.73 Å². The van der Waals surface area contributed by atoms with Crippen molar-refractivity contribution in [2.24, 2.45) is 5.73 Å². The number of carbonyl (C=O) groups is 1. The number of ether oxygens (including phenoxy) is 2. The molecule has 0 aliphatic carbocycles. The lowest BCUT2D eigenvalue weighted by atomic mass is 10.1. The van der Waals surface area contributed by atoms with Crippen molar-refractivity contribution in [1.29, 1.82) is 0 Å². The number of rotatable bonds is 2. The number of aliphatic hydroxyl groups excluding tert-OH is 1. The molecule has 1 aliphatic heterocycles. The highest BCUT2D eigenvalue weighted by atomic mass is 16.6. The SMILES string of the molecule is CC(C)(C)OC(=O)N1CCOCC1[C@@H](N)CO. The minimum absolute atomic E-state index is 0.187. The van der Waals surface area contributed by atoms with Gasteiger partial charge in [-0.25, -0.2) is 4.79 Å². The van der Waals surface area contributed by atoms with Crippen LogP contribution in [0.15, 0.2) is 0 Å². The summed E-state index contributed by atoms with van der Waals surface area (Å²) in [5.41, 5.74) is 5.22. The molecule has 6 nitrogen and oxygen atoms in total. The fraction of sp³-hybridized carbons (Fsp3) is 0.909. The smallest absolute Gasteiger partial charge is 0.410 e. The summed E-state index contributed by atoms with van der Waals surface area (Å²) in [6.45, 7) is 6.49. The van der Waals surface area contributed by atoms with Gasteiger partial charge in [-0.05, 0) is 20.8 Å². The minimum atomic E-state index is -0.538. The second kappa shape index (κ2) is 5.66. The van der Waals surface area contributed by atoms with Crippen LogP contribution in [-0.4, -0.2) is 60.1 Å². The number of hydrogen-bond donors (Lipinski definition) is 2. The van der Waals surface area contributed by atoms with Crippen molar-refractivity contribution in [3.8, 4) is 0 Å². The molecule has 1 unspecified atom stereocenters. The zero-order valence-corrected chi connectivity index (χ0v) is 10.7. The maximum Gasteiger partial charge on any atom is 0.410 e. The predicted octanol–water partition coefficient (Wildman–Crippen LogP) is -0.0581. The van der Waals surface area contributed by atoms with Gasteiger partial charge in [0.25, 0.3) is 0 Å². The maximum atomic E-state index is 12.0.